The van der Waals surface area contributed by atoms with Crippen LogP contribution in [0, 0.1) is 5.92 Å². The van der Waals surface area contributed by atoms with Gasteiger partial charge in [-0.25, -0.2) is 0 Å². The molecule has 5 aliphatic rings. The summed E-state index contributed by atoms with van der Waals surface area (Å²) in [7, 11) is 0. The molecule has 0 saturated carbocycles. The molecular formula is C16H24N2O7. The summed E-state index contributed by atoms with van der Waals surface area (Å²) in [4.78, 5) is 25.8. The summed E-state index contributed by atoms with van der Waals surface area (Å²) in [6.07, 6.45) is -0.266. The second kappa shape index (κ2) is 5.14. The Bertz CT molecular complexity index is 626. The molecule has 5 aliphatic heterocycles. The van der Waals surface area contributed by atoms with Crippen molar-refractivity contribution in [2.45, 2.75) is 62.6 Å². The summed E-state index contributed by atoms with van der Waals surface area (Å²) in [6, 6.07) is 0. The van der Waals surface area contributed by atoms with E-state index in [9.17, 15) is 14.7 Å². The monoisotopic (exact) mass is 356 g/mol. The first-order valence-corrected chi connectivity index (χ1v) is 8.59. The molecule has 0 unspecified atom stereocenters. The van der Waals surface area contributed by atoms with Crippen LogP contribution in [-0.4, -0.2) is 65.7 Å². The van der Waals surface area contributed by atoms with Gasteiger partial charge < -0.3 is 34.7 Å². The average molecular weight is 356 g/mol. The van der Waals surface area contributed by atoms with E-state index >= 15 is 0 Å². The molecule has 5 heterocycles. The zero-order valence-corrected chi connectivity index (χ0v) is 14.6. The number of nitrogens with one attached hydrogen (secondary N) is 2. The molecule has 1 spiro atoms. The summed E-state index contributed by atoms with van der Waals surface area (Å²) in [5.41, 5.74) is -4.55. The minimum absolute atomic E-state index is 0.0553. The second-order valence-corrected chi connectivity index (χ2v) is 7.86. The maximum absolute atomic E-state index is 12.9. The predicted molar refractivity (Wildman–Crippen MR) is 81.9 cm³/mol. The van der Waals surface area contributed by atoms with Gasteiger partial charge in [0.25, 0.3) is 17.5 Å². The molecule has 140 valence electrons. The number of amides is 2. The quantitative estimate of drug-likeness (QED) is 0.580. The lowest BCUT2D eigenvalue weighted by atomic mass is 9.82. The number of carbonyl (C=O) groups excluding carboxylic acids is 2. The van der Waals surface area contributed by atoms with E-state index in [1.54, 1.807) is 20.8 Å². The van der Waals surface area contributed by atoms with Gasteiger partial charge in [-0.2, -0.15) is 0 Å². The number of piperazine rings is 1. The first-order chi connectivity index (χ1) is 11.6. The first kappa shape index (κ1) is 17.2. The number of ether oxygens (including phenoxy) is 4. The van der Waals surface area contributed by atoms with E-state index in [1.807, 2.05) is 0 Å². The van der Waals surface area contributed by atoms with Crippen LogP contribution >= 0.6 is 0 Å². The zero-order valence-electron chi connectivity index (χ0n) is 14.6. The maximum atomic E-state index is 12.9. The van der Waals surface area contributed by atoms with Gasteiger partial charge in [0.15, 0.2) is 5.79 Å². The number of rotatable bonds is 2. The van der Waals surface area contributed by atoms with Gasteiger partial charge in [-0.3, -0.25) is 9.59 Å². The number of carbonyl (C=O) groups is 2. The fourth-order valence-corrected chi connectivity index (χ4v) is 4.29. The van der Waals surface area contributed by atoms with Crippen molar-refractivity contribution >= 4 is 11.8 Å². The molecule has 0 aromatic rings. The van der Waals surface area contributed by atoms with Crippen molar-refractivity contribution in [3.05, 3.63) is 0 Å². The lowest BCUT2D eigenvalue weighted by Gasteiger charge is -2.51. The van der Waals surface area contributed by atoms with Crippen LogP contribution in [0.4, 0.5) is 0 Å². The van der Waals surface area contributed by atoms with E-state index in [0.29, 0.717) is 19.4 Å². The van der Waals surface area contributed by atoms with Gasteiger partial charge in [-0.05, 0) is 33.6 Å². The van der Waals surface area contributed by atoms with Crippen LogP contribution in [0.15, 0.2) is 0 Å². The van der Waals surface area contributed by atoms with Gasteiger partial charge in [0.05, 0.1) is 19.8 Å². The zero-order chi connectivity index (χ0) is 18.1. The number of hydrogen-bond acceptors (Lipinski definition) is 7. The van der Waals surface area contributed by atoms with Crippen LogP contribution in [0.2, 0.25) is 0 Å². The number of fused-ring (bicyclic) bond motifs is 4. The molecule has 2 bridgehead atoms. The highest BCUT2D eigenvalue weighted by molar-refractivity contribution is 6.01. The largest absolute Gasteiger partial charge is 0.384 e. The lowest BCUT2D eigenvalue weighted by Crippen LogP contribution is -2.83. The smallest absolute Gasteiger partial charge is 0.278 e. The van der Waals surface area contributed by atoms with Gasteiger partial charge >= 0.3 is 0 Å². The van der Waals surface area contributed by atoms with E-state index < -0.39 is 40.8 Å². The molecule has 0 aromatic carbocycles. The molecule has 9 heteroatoms. The highest BCUT2D eigenvalue weighted by Crippen LogP contribution is 2.43. The highest BCUT2D eigenvalue weighted by atomic mass is 16.8. The Labute approximate surface area is 145 Å². The third-order valence-electron chi connectivity index (χ3n) is 5.59. The maximum Gasteiger partial charge on any atom is 0.278 e. The fourth-order valence-electron chi connectivity index (χ4n) is 4.29. The molecule has 0 aliphatic carbocycles. The van der Waals surface area contributed by atoms with Crippen LogP contribution in [0.5, 0.6) is 0 Å². The highest BCUT2D eigenvalue weighted by Gasteiger charge is 2.68. The Balaban J connectivity index is 1.69. The normalized spacial score (nSPS) is 46.8. The SMILES string of the molecule is CC1(C)OC[C@@](C)([C@@H](O)[C@@]23NC(=O)[C@]4(NC2=O)OCC[C@@H]4CCO3)O1. The number of aliphatic hydroxyl groups is 1. The van der Waals surface area contributed by atoms with Crippen LogP contribution < -0.4 is 10.6 Å². The molecule has 0 radical (unpaired) electrons. The Kier molecular flexibility index (Phi) is 3.53. The minimum atomic E-state index is -1.95. The first-order valence-electron chi connectivity index (χ1n) is 8.59. The van der Waals surface area contributed by atoms with Crippen LogP contribution in [0.25, 0.3) is 0 Å². The van der Waals surface area contributed by atoms with Gasteiger partial charge in [0.2, 0.25) is 5.72 Å². The molecule has 9 nitrogen and oxygen atoms in total. The van der Waals surface area contributed by atoms with Crippen molar-refractivity contribution in [1.82, 2.24) is 10.6 Å². The standard InChI is InChI=1S/C16H24N2O7/c1-13(2)24-8-14(3,25-13)10(19)16-12(21)17-15(11(20)18-16)9(4-6-22-15)5-7-23-16/h9-10,19H,4-8H2,1-3H3,(H,17,21)(H,18,20)/t9-,10-,14+,15-,16+/m1/s1. The van der Waals surface area contributed by atoms with Crippen LogP contribution in [0.3, 0.4) is 0 Å². The van der Waals surface area contributed by atoms with Crippen molar-refractivity contribution < 1.29 is 33.6 Å². The molecule has 25 heavy (non-hydrogen) atoms. The van der Waals surface area contributed by atoms with Crippen LogP contribution in [0.1, 0.15) is 33.6 Å². The Morgan fingerprint density at radius 3 is 2.36 bits per heavy atom. The van der Waals surface area contributed by atoms with Crippen molar-refractivity contribution in [3.63, 3.8) is 0 Å². The summed E-state index contributed by atoms with van der Waals surface area (Å²) in [5.74, 6) is -2.22. The number of hydrogen-bond donors (Lipinski definition) is 3. The second-order valence-electron chi connectivity index (χ2n) is 7.86. The summed E-state index contributed by atoms with van der Waals surface area (Å²) < 4.78 is 22.8. The summed E-state index contributed by atoms with van der Waals surface area (Å²) in [6.45, 7) is 5.71. The van der Waals surface area contributed by atoms with Crippen LogP contribution in [-0.2, 0) is 28.5 Å². The predicted octanol–water partition coefficient (Wildman–Crippen LogP) is -1.02. The van der Waals surface area contributed by atoms with E-state index in [1.165, 1.54) is 0 Å². The van der Waals surface area contributed by atoms with Gasteiger partial charge in [-0.15, -0.1) is 0 Å². The third kappa shape index (κ3) is 2.26. The van der Waals surface area contributed by atoms with Gasteiger partial charge in [-0.1, -0.05) is 0 Å². The molecule has 2 amide bonds. The van der Waals surface area contributed by atoms with E-state index in [2.05, 4.69) is 10.6 Å². The molecular weight excluding hydrogens is 332 g/mol. The van der Waals surface area contributed by atoms with E-state index in [-0.39, 0.29) is 19.1 Å². The molecule has 5 rings (SSSR count). The summed E-state index contributed by atoms with van der Waals surface area (Å²) >= 11 is 0. The summed E-state index contributed by atoms with van der Waals surface area (Å²) in [5, 5.41) is 16.3. The third-order valence-corrected chi connectivity index (χ3v) is 5.59. The topological polar surface area (TPSA) is 115 Å². The van der Waals surface area contributed by atoms with Crippen molar-refractivity contribution in [3.8, 4) is 0 Å². The van der Waals surface area contributed by atoms with Crippen molar-refractivity contribution in [1.29, 1.82) is 0 Å². The molecule has 0 aromatic heterocycles. The lowest BCUT2D eigenvalue weighted by molar-refractivity contribution is -0.246. The fraction of sp³-hybridized carbons (Fsp3) is 0.875. The number of aliphatic hydroxyl groups excluding tert-OH is 1. The molecule has 5 fully saturated rings. The molecule has 5 saturated heterocycles. The van der Waals surface area contributed by atoms with E-state index in [4.69, 9.17) is 18.9 Å². The van der Waals surface area contributed by atoms with Gasteiger partial charge in [0.1, 0.15) is 11.7 Å². The average Bonchev–Trinajstić information content (AvgIpc) is 3.03. The van der Waals surface area contributed by atoms with E-state index in [0.717, 1.165) is 0 Å². The minimum Gasteiger partial charge on any atom is -0.384 e. The van der Waals surface area contributed by atoms with Crippen molar-refractivity contribution in [2.75, 3.05) is 19.8 Å². The Morgan fingerprint density at radius 1 is 1.04 bits per heavy atom. The molecule has 3 N–H and O–H groups in total. The Hall–Kier alpha value is -1.26. The molecule has 5 atom stereocenters. The van der Waals surface area contributed by atoms with Crippen molar-refractivity contribution in [2.24, 2.45) is 5.92 Å². The van der Waals surface area contributed by atoms with Gasteiger partial charge in [0, 0.05) is 5.92 Å². The Morgan fingerprint density at radius 2 is 1.72 bits per heavy atom.